The molecule has 1 aromatic carbocycles. The van der Waals surface area contributed by atoms with Crippen LogP contribution in [0.3, 0.4) is 0 Å². The molecule has 0 aliphatic heterocycles. The van der Waals surface area contributed by atoms with Crippen LogP contribution in [0.5, 0.6) is 0 Å². The number of carboxylic acid groups (broad SMARTS) is 1. The molecule has 1 N–H and O–H groups in total. The zero-order valence-corrected chi connectivity index (χ0v) is 11.4. The largest absolute Gasteiger partial charge is 0.478 e. The molecule has 0 saturated carbocycles. The van der Waals surface area contributed by atoms with E-state index in [0.717, 1.165) is 5.82 Å². The summed E-state index contributed by atoms with van der Waals surface area (Å²) in [7, 11) is 0. The lowest BCUT2D eigenvalue weighted by atomic mass is 10.1. The van der Waals surface area contributed by atoms with Gasteiger partial charge in [-0.1, -0.05) is 6.07 Å². The van der Waals surface area contributed by atoms with Gasteiger partial charge >= 0.3 is 5.97 Å². The first kappa shape index (κ1) is 13.5. The van der Waals surface area contributed by atoms with Crippen LogP contribution in [-0.2, 0) is 4.74 Å². The summed E-state index contributed by atoms with van der Waals surface area (Å²) < 4.78 is 7.37. The summed E-state index contributed by atoms with van der Waals surface area (Å²) in [5, 5.41) is 9.30. The van der Waals surface area contributed by atoms with Gasteiger partial charge in [-0.15, -0.1) is 0 Å². The summed E-state index contributed by atoms with van der Waals surface area (Å²) in [6.07, 6.45) is 0. The maximum Gasteiger partial charge on any atom is 0.337 e. The number of fused-ring (bicyclic) bond motifs is 1. The Morgan fingerprint density at radius 1 is 1.53 bits per heavy atom. The minimum absolute atomic E-state index is 0.0467. The second-order valence-corrected chi connectivity index (χ2v) is 4.52. The van der Waals surface area contributed by atoms with Crippen LogP contribution in [0.25, 0.3) is 11.0 Å². The topological polar surface area (TPSA) is 64.4 Å². The molecule has 2 aromatic rings. The van der Waals surface area contributed by atoms with Crippen LogP contribution in [0.2, 0.25) is 0 Å². The van der Waals surface area contributed by atoms with Gasteiger partial charge in [0.2, 0.25) is 0 Å². The van der Waals surface area contributed by atoms with Crippen molar-refractivity contribution in [2.24, 2.45) is 0 Å². The molecule has 0 spiro atoms. The lowest BCUT2D eigenvalue weighted by molar-refractivity contribution is 0.0698. The van der Waals surface area contributed by atoms with Crippen molar-refractivity contribution in [1.82, 2.24) is 9.55 Å². The normalized spacial score (nSPS) is 12.8. The minimum Gasteiger partial charge on any atom is -0.478 e. The molecule has 1 heterocycles. The number of hydrogen-bond donors (Lipinski definition) is 1. The third-order valence-electron chi connectivity index (χ3n) is 3.12. The Hall–Kier alpha value is -1.88. The number of aryl methyl sites for hydroxylation is 1. The van der Waals surface area contributed by atoms with Crippen LogP contribution in [-0.4, -0.2) is 33.8 Å². The summed E-state index contributed by atoms with van der Waals surface area (Å²) in [6, 6.07) is 5.20. The second-order valence-electron chi connectivity index (χ2n) is 4.52. The van der Waals surface area contributed by atoms with Crippen molar-refractivity contribution < 1.29 is 14.6 Å². The van der Waals surface area contributed by atoms with E-state index in [-0.39, 0.29) is 11.6 Å². The summed E-state index contributed by atoms with van der Waals surface area (Å²) in [4.78, 5) is 15.8. The molecule has 0 aliphatic carbocycles. The zero-order chi connectivity index (χ0) is 14.0. The number of nitrogens with zero attached hydrogens (tertiary/aromatic N) is 2. The second kappa shape index (κ2) is 5.40. The molecule has 5 nitrogen and oxygen atoms in total. The lowest BCUT2D eigenvalue weighted by Crippen LogP contribution is -2.15. The number of benzene rings is 1. The highest BCUT2D eigenvalue weighted by Crippen LogP contribution is 2.24. The molecule has 2 rings (SSSR count). The van der Waals surface area contributed by atoms with E-state index >= 15 is 0 Å². The first-order valence-electron chi connectivity index (χ1n) is 6.34. The van der Waals surface area contributed by atoms with Crippen LogP contribution in [0.15, 0.2) is 18.2 Å². The van der Waals surface area contributed by atoms with Gasteiger partial charge in [-0.25, -0.2) is 9.78 Å². The zero-order valence-electron chi connectivity index (χ0n) is 11.4. The summed E-state index contributed by atoms with van der Waals surface area (Å²) in [6.45, 7) is 7.00. The van der Waals surface area contributed by atoms with Gasteiger partial charge in [0, 0.05) is 6.61 Å². The smallest absolute Gasteiger partial charge is 0.337 e. The van der Waals surface area contributed by atoms with Crippen LogP contribution in [0.1, 0.15) is 36.1 Å². The van der Waals surface area contributed by atoms with E-state index in [2.05, 4.69) is 4.98 Å². The van der Waals surface area contributed by atoms with E-state index in [1.54, 1.807) is 12.1 Å². The van der Waals surface area contributed by atoms with Crippen molar-refractivity contribution in [3.63, 3.8) is 0 Å². The number of ether oxygens (including phenoxy) is 1. The van der Waals surface area contributed by atoms with Gasteiger partial charge in [0.25, 0.3) is 0 Å². The highest BCUT2D eigenvalue weighted by molar-refractivity contribution is 6.01. The Kier molecular flexibility index (Phi) is 3.85. The molecule has 1 aromatic heterocycles. The molecule has 0 fully saturated rings. The molecule has 1 unspecified atom stereocenters. The quantitative estimate of drug-likeness (QED) is 0.899. The summed E-state index contributed by atoms with van der Waals surface area (Å²) in [5.41, 5.74) is 1.65. The fraction of sp³-hybridized carbons (Fsp3) is 0.429. The van der Waals surface area contributed by atoms with Gasteiger partial charge in [0.1, 0.15) is 5.82 Å². The van der Waals surface area contributed by atoms with E-state index in [4.69, 9.17) is 4.74 Å². The molecule has 5 heteroatoms. The molecule has 0 bridgehead atoms. The van der Waals surface area contributed by atoms with Gasteiger partial charge in [-0.3, -0.25) is 0 Å². The molecular weight excluding hydrogens is 244 g/mol. The Morgan fingerprint density at radius 3 is 2.89 bits per heavy atom. The molecule has 0 radical (unpaired) electrons. The van der Waals surface area contributed by atoms with Crippen LogP contribution < -0.4 is 0 Å². The minimum atomic E-state index is -0.935. The van der Waals surface area contributed by atoms with Crippen molar-refractivity contribution in [3.05, 3.63) is 29.6 Å². The molecule has 19 heavy (non-hydrogen) atoms. The van der Waals surface area contributed by atoms with Gasteiger partial charge in [0.05, 0.1) is 29.2 Å². The molecular formula is C14H18N2O3. The number of aromatic carboxylic acids is 1. The lowest BCUT2D eigenvalue weighted by Gasteiger charge is -2.17. The first-order chi connectivity index (χ1) is 9.06. The average molecular weight is 262 g/mol. The maximum atomic E-state index is 11.3. The van der Waals surface area contributed by atoms with Crippen LogP contribution in [0.4, 0.5) is 0 Å². The van der Waals surface area contributed by atoms with Crippen molar-refractivity contribution in [2.45, 2.75) is 26.8 Å². The van der Waals surface area contributed by atoms with Gasteiger partial charge in [0.15, 0.2) is 0 Å². The van der Waals surface area contributed by atoms with Crippen molar-refractivity contribution in [1.29, 1.82) is 0 Å². The van der Waals surface area contributed by atoms with Gasteiger partial charge < -0.3 is 14.4 Å². The first-order valence-corrected chi connectivity index (χ1v) is 6.34. The Balaban J connectivity index is 2.59. The number of para-hydroxylation sites is 1. The third-order valence-corrected chi connectivity index (χ3v) is 3.12. The fourth-order valence-corrected chi connectivity index (χ4v) is 2.34. The predicted octanol–water partition coefficient (Wildman–Crippen LogP) is 2.64. The van der Waals surface area contributed by atoms with E-state index in [1.807, 2.05) is 31.4 Å². The van der Waals surface area contributed by atoms with Crippen LogP contribution >= 0.6 is 0 Å². The highest BCUT2D eigenvalue weighted by Gasteiger charge is 2.19. The highest BCUT2D eigenvalue weighted by atomic mass is 16.5. The van der Waals surface area contributed by atoms with E-state index in [0.29, 0.717) is 24.2 Å². The number of rotatable bonds is 5. The van der Waals surface area contributed by atoms with Gasteiger partial charge in [-0.05, 0) is 32.9 Å². The number of imidazole rings is 1. The number of carboxylic acids is 1. The van der Waals surface area contributed by atoms with E-state index < -0.39 is 5.97 Å². The molecule has 0 aliphatic rings. The van der Waals surface area contributed by atoms with Crippen molar-refractivity contribution >= 4 is 17.0 Å². The summed E-state index contributed by atoms with van der Waals surface area (Å²) >= 11 is 0. The number of aromatic nitrogens is 2. The Bertz CT molecular complexity index is 604. The number of carbonyl (C=O) groups is 1. The third kappa shape index (κ3) is 2.46. The number of hydrogen-bond acceptors (Lipinski definition) is 3. The molecule has 1 atom stereocenters. The van der Waals surface area contributed by atoms with Crippen molar-refractivity contribution in [3.8, 4) is 0 Å². The maximum absolute atomic E-state index is 11.3. The Labute approximate surface area is 111 Å². The van der Waals surface area contributed by atoms with E-state index in [1.165, 1.54) is 0 Å². The predicted molar refractivity (Wildman–Crippen MR) is 72.6 cm³/mol. The van der Waals surface area contributed by atoms with Crippen molar-refractivity contribution in [2.75, 3.05) is 13.2 Å². The van der Waals surface area contributed by atoms with Crippen LogP contribution in [0, 0.1) is 6.92 Å². The monoisotopic (exact) mass is 262 g/mol. The SMILES string of the molecule is CCOCC(C)n1c(C)nc2cccc(C(=O)O)c21. The van der Waals surface area contributed by atoms with Gasteiger partial charge in [-0.2, -0.15) is 0 Å². The summed E-state index contributed by atoms with van der Waals surface area (Å²) in [5.74, 6) is -0.133. The fourth-order valence-electron chi connectivity index (χ4n) is 2.34. The molecule has 0 saturated heterocycles. The standard InChI is InChI=1S/C14H18N2O3/c1-4-19-8-9(2)16-10(3)15-12-7-5-6-11(13(12)16)14(17)18/h5-7,9H,4,8H2,1-3H3,(H,17,18). The molecule has 102 valence electrons. The average Bonchev–Trinajstić information content (AvgIpc) is 2.71. The Morgan fingerprint density at radius 2 is 2.26 bits per heavy atom. The van der Waals surface area contributed by atoms with E-state index in [9.17, 15) is 9.90 Å². The molecule has 0 amide bonds.